The second-order valence-electron chi connectivity index (χ2n) is 6.26. The maximum absolute atomic E-state index is 12.5. The molecule has 2 rings (SSSR count). The molecular weight excluding hydrogens is 274 g/mol. The van der Waals surface area contributed by atoms with Crippen molar-refractivity contribution < 1.29 is 24.2 Å². The highest BCUT2D eigenvalue weighted by molar-refractivity contribution is 5.84. The average Bonchev–Trinajstić information content (AvgIpc) is 2.45. The van der Waals surface area contributed by atoms with Crippen LogP contribution in [0.25, 0.3) is 0 Å². The van der Waals surface area contributed by atoms with E-state index in [9.17, 15) is 14.7 Å². The summed E-state index contributed by atoms with van der Waals surface area (Å²) in [6, 6.07) is 0. The zero-order valence-corrected chi connectivity index (χ0v) is 12.7. The first-order valence-electron chi connectivity index (χ1n) is 7.63. The fourth-order valence-electron chi connectivity index (χ4n) is 3.16. The maximum Gasteiger partial charge on any atom is 0.311 e. The third-order valence-corrected chi connectivity index (χ3v) is 5.07. The van der Waals surface area contributed by atoms with Crippen molar-refractivity contribution in [3.05, 3.63) is 0 Å². The lowest BCUT2D eigenvalue weighted by Crippen LogP contribution is -2.52. The minimum absolute atomic E-state index is 0.0158. The third-order valence-electron chi connectivity index (χ3n) is 5.07. The van der Waals surface area contributed by atoms with Crippen molar-refractivity contribution in [1.82, 2.24) is 5.32 Å². The van der Waals surface area contributed by atoms with E-state index in [-0.39, 0.29) is 17.9 Å². The number of ether oxygens (including phenoxy) is 2. The van der Waals surface area contributed by atoms with Gasteiger partial charge in [0, 0.05) is 33.5 Å². The summed E-state index contributed by atoms with van der Waals surface area (Å²) in [6.07, 6.45) is 4.39. The molecule has 1 saturated heterocycles. The molecule has 1 aliphatic carbocycles. The van der Waals surface area contributed by atoms with Crippen molar-refractivity contribution in [1.29, 1.82) is 0 Å². The fraction of sp³-hybridized carbons (Fsp3) is 0.867. The number of carboxylic acid groups (broad SMARTS) is 1. The summed E-state index contributed by atoms with van der Waals surface area (Å²) in [7, 11) is 1.63. The summed E-state index contributed by atoms with van der Waals surface area (Å²) in [5.41, 5.74) is -1.22. The number of methoxy groups -OCH3 is 1. The molecular formula is C15H25NO5. The lowest BCUT2D eigenvalue weighted by atomic mass is 9.66. The van der Waals surface area contributed by atoms with E-state index in [1.54, 1.807) is 7.11 Å². The molecule has 2 aliphatic rings. The van der Waals surface area contributed by atoms with Crippen LogP contribution in [0, 0.1) is 10.8 Å². The quantitative estimate of drug-likeness (QED) is 0.737. The van der Waals surface area contributed by atoms with E-state index >= 15 is 0 Å². The van der Waals surface area contributed by atoms with E-state index in [0.717, 1.165) is 19.3 Å². The van der Waals surface area contributed by atoms with Gasteiger partial charge in [-0.05, 0) is 32.1 Å². The number of hydrogen-bond donors (Lipinski definition) is 2. The lowest BCUT2D eigenvalue weighted by molar-refractivity contribution is -0.155. The van der Waals surface area contributed by atoms with E-state index in [0.29, 0.717) is 39.1 Å². The molecule has 0 spiro atoms. The standard InChI is InChI=1S/C15H25NO5/c1-20-8-5-14(3-2-4-14)12(17)16-11-15(13(18)19)6-9-21-10-7-15/h2-11H2,1H3,(H,16,17)(H,18,19). The Morgan fingerprint density at radius 3 is 2.33 bits per heavy atom. The monoisotopic (exact) mass is 299 g/mol. The molecule has 0 aromatic rings. The normalized spacial score (nSPS) is 23.1. The average molecular weight is 299 g/mol. The van der Waals surface area contributed by atoms with Crippen molar-refractivity contribution in [2.24, 2.45) is 10.8 Å². The number of carboxylic acids is 1. The lowest BCUT2D eigenvalue weighted by Gasteiger charge is -2.41. The number of rotatable bonds is 7. The molecule has 2 N–H and O–H groups in total. The van der Waals surface area contributed by atoms with Crippen LogP contribution in [0.4, 0.5) is 0 Å². The minimum Gasteiger partial charge on any atom is -0.481 e. The summed E-state index contributed by atoms with van der Waals surface area (Å²) in [6.45, 7) is 1.64. The number of amides is 1. The van der Waals surface area contributed by atoms with Gasteiger partial charge in [-0.25, -0.2) is 0 Å². The molecule has 0 atom stereocenters. The minimum atomic E-state index is -0.875. The molecule has 21 heavy (non-hydrogen) atoms. The highest BCUT2D eigenvalue weighted by Crippen LogP contribution is 2.44. The molecule has 2 fully saturated rings. The molecule has 0 bridgehead atoms. The van der Waals surface area contributed by atoms with Gasteiger partial charge in [0.2, 0.25) is 5.91 Å². The smallest absolute Gasteiger partial charge is 0.311 e. The zero-order valence-electron chi connectivity index (χ0n) is 12.7. The van der Waals surface area contributed by atoms with Crippen LogP contribution in [0.1, 0.15) is 38.5 Å². The van der Waals surface area contributed by atoms with E-state index in [1.807, 2.05) is 0 Å². The molecule has 6 heteroatoms. The van der Waals surface area contributed by atoms with Gasteiger partial charge in [-0.1, -0.05) is 6.42 Å². The number of hydrogen-bond acceptors (Lipinski definition) is 4. The largest absolute Gasteiger partial charge is 0.481 e. The van der Waals surface area contributed by atoms with Crippen LogP contribution >= 0.6 is 0 Å². The zero-order chi connectivity index (χ0) is 15.3. The Kier molecular flexibility index (Phi) is 5.22. The molecule has 1 amide bonds. The Balaban J connectivity index is 1.93. The molecule has 6 nitrogen and oxygen atoms in total. The van der Waals surface area contributed by atoms with Crippen LogP contribution in [0.3, 0.4) is 0 Å². The van der Waals surface area contributed by atoms with Crippen molar-refractivity contribution >= 4 is 11.9 Å². The topological polar surface area (TPSA) is 84.9 Å². The van der Waals surface area contributed by atoms with E-state index in [1.165, 1.54) is 0 Å². The Morgan fingerprint density at radius 2 is 1.86 bits per heavy atom. The summed E-state index contributed by atoms with van der Waals surface area (Å²) in [5.74, 6) is -0.858. The van der Waals surface area contributed by atoms with Gasteiger partial charge in [0.1, 0.15) is 0 Å². The van der Waals surface area contributed by atoms with Crippen molar-refractivity contribution in [2.75, 3.05) is 33.5 Å². The molecule has 0 radical (unpaired) electrons. The van der Waals surface area contributed by atoms with Gasteiger partial charge >= 0.3 is 5.97 Å². The Bertz CT molecular complexity index is 386. The molecule has 0 aromatic carbocycles. The molecule has 1 heterocycles. The number of carbonyl (C=O) groups excluding carboxylic acids is 1. The highest BCUT2D eigenvalue weighted by atomic mass is 16.5. The highest BCUT2D eigenvalue weighted by Gasteiger charge is 2.46. The Labute approximate surface area is 125 Å². The number of carbonyl (C=O) groups is 2. The van der Waals surface area contributed by atoms with Crippen LogP contribution < -0.4 is 5.32 Å². The maximum atomic E-state index is 12.5. The van der Waals surface area contributed by atoms with Gasteiger partial charge < -0.3 is 19.9 Å². The Hall–Kier alpha value is -1.14. The van der Waals surface area contributed by atoms with Crippen LogP contribution in [-0.2, 0) is 19.1 Å². The van der Waals surface area contributed by atoms with Crippen molar-refractivity contribution in [3.63, 3.8) is 0 Å². The predicted octanol–water partition coefficient (Wildman–Crippen LogP) is 1.19. The van der Waals surface area contributed by atoms with Crippen LogP contribution in [-0.4, -0.2) is 50.5 Å². The van der Waals surface area contributed by atoms with Gasteiger partial charge in [0.15, 0.2) is 0 Å². The number of nitrogens with one attached hydrogen (secondary N) is 1. The summed E-state index contributed by atoms with van der Waals surface area (Å²) >= 11 is 0. The van der Waals surface area contributed by atoms with E-state index < -0.39 is 11.4 Å². The predicted molar refractivity (Wildman–Crippen MR) is 75.9 cm³/mol. The van der Waals surface area contributed by atoms with Gasteiger partial charge in [0.05, 0.1) is 10.8 Å². The first kappa shape index (κ1) is 16.2. The van der Waals surface area contributed by atoms with Crippen LogP contribution in [0.2, 0.25) is 0 Å². The summed E-state index contributed by atoms with van der Waals surface area (Å²) < 4.78 is 10.3. The molecule has 0 aromatic heterocycles. The third kappa shape index (κ3) is 3.37. The second kappa shape index (κ2) is 6.75. The first-order valence-corrected chi connectivity index (χ1v) is 7.63. The van der Waals surface area contributed by atoms with Gasteiger partial charge in [-0.15, -0.1) is 0 Å². The van der Waals surface area contributed by atoms with Crippen LogP contribution in [0.15, 0.2) is 0 Å². The van der Waals surface area contributed by atoms with Crippen LogP contribution in [0.5, 0.6) is 0 Å². The van der Waals surface area contributed by atoms with Gasteiger partial charge in [-0.3, -0.25) is 9.59 Å². The van der Waals surface area contributed by atoms with Crippen molar-refractivity contribution in [2.45, 2.75) is 38.5 Å². The van der Waals surface area contributed by atoms with Crippen molar-refractivity contribution in [3.8, 4) is 0 Å². The molecule has 120 valence electrons. The SMILES string of the molecule is COCCC1(C(=O)NCC2(C(=O)O)CCOCC2)CCC1. The van der Waals surface area contributed by atoms with Gasteiger partial charge in [0.25, 0.3) is 0 Å². The Morgan fingerprint density at radius 1 is 1.19 bits per heavy atom. The molecule has 1 aliphatic heterocycles. The number of aliphatic carboxylic acids is 1. The summed E-state index contributed by atoms with van der Waals surface area (Å²) in [4.78, 5) is 24.0. The summed E-state index contributed by atoms with van der Waals surface area (Å²) in [5, 5.41) is 12.4. The van der Waals surface area contributed by atoms with Gasteiger partial charge in [-0.2, -0.15) is 0 Å². The molecule has 0 unspecified atom stereocenters. The second-order valence-corrected chi connectivity index (χ2v) is 6.26. The fourth-order valence-corrected chi connectivity index (χ4v) is 3.16. The molecule has 1 saturated carbocycles. The van der Waals surface area contributed by atoms with E-state index in [4.69, 9.17) is 9.47 Å². The van der Waals surface area contributed by atoms with E-state index in [2.05, 4.69) is 5.32 Å². The first-order chi connectivity index (χ1) is 10.0.